The molecule has 1 aromatic carbocycles. The largest absolute Gasteiger partial charge is 0.496 e. The second kappa shape index (κ2) is 7.43. The van der Waals surface area contributed by atoms with Gasteiger partial charge in [0.1, 0.15) is 11.6 Å². The third-order valence-corrected chi connectivity index (χ3v) is 3.83. The minimum atomic E-state index is 0.0350. The second-order valence-corrected chi connectivity index (χ2v) is 5.40. The Labute approximate surface area is 126 Å². The minimum Gasteiger partial charge on any atom is -0.496 e. The molecule has 1 atom stereocenters. The summed E-state index contributed by atoms with van der Waals surface area (Å²) in [7, 11) is 1.61. The summed E-state index contributed by atoms with van der Waals surface area (Å²) < 4.78 is 11.1. The summed E-state index contributed by atoms with van der Waals surface area (Å²) in [6.07, 6.45) is 2.67. The lowest BCUT2D eigenvalue weighted by atomic mass is 10.1. The molecule has 0 aromatic heterocycles. The van der Waals surface area contributed by atoms with E-state index in [2.05, 4.69) is 4.90 Å². The molecule has 0 bridgehead atoms. The number of nitrogen functional groups attached to an aromatic ring is 1. The molecule has 2 rings (SSSR count). The molecule has 0 saturated carbocycles. The fraction of sp³-hybridized carbons (Fsp3) is 0.562. The molecule has 1 heterocycles. The lowest BCUT2D eigenvalue weighted by molar-refractivity contribution is 0.00362. The normalized spacial score (nSPS) is 19.4. The number of amidine groups is 1. The van der Waals surface area contributed by atoms with Crippen molar-refractivity contribution in [3.8, 4) is 5.75 Å². The Morgan fingerprint density at radius 1 is 1.48 bits per heavy atom. The quantitative estimate of drug-likeness (QED) is 0.621. The van der Waals surface area contributed by atoms with E-state index < -0.39 is 0 Å². The van der Waals surface area contributed by atoms with Gasteiger partial charge in [-0.05, 0) is 44.0 Å². The van der Waals surface area contributed by atoms with E-state index in [1.54, 1.807) is 7.11 Å². The summed E-state index contributed by atoms with van der Waals surface area (Å²) in [5.41, 5.74) is 7.37. The van der Waals surface area contributed by atoms with E-state index in [4.69, 9.17) is 20.6 Å². The van der Waals surface area contributed by atoms with Crippen molar-refractivity contribution in [2.75, 3.05) is 26.8 Å². The molecule has 0 radical (unpaired) electrons. The summed E-state index contributed by atoms with van der Waals surface area (Å²) in [4.78, 5) is 2.41. The van der Waals surface area contributed by atoms with Crippen LogP contribution < -0.4 is 10.5 Å². The van der Waals surface area contributed by atoms with Crippen molar-refractivity contribution in [3.05, 3.63) is 29.3 Å². The standard InChI is InChI=1S/C16H25N3O2/c1-3-21-13-5-4-8-19(11-13)10-12-6-7-14(16(17)18)15(9-12)20-2/h6-7,9,13H,3-5,8,10-11H2,1-2H3,(H3,17,18). The Morgan fingerprint density at radius 2 is 2.29 bits per heavy atom. The molecule has 1 aliphatic rings. The van der Waals surface area contributed by atoms with Crippen LogP contribution in [0.15, 0.2) is 18.2 Å². The van der Waals surface area contributed by atoms with Gasteiger partial charge < -0.3 is 15.2 Å². The minimum absolute atomic E-state index is 0.0350. The van der Waals surface area contributed by atoms with Crippen molar-refractivity contribution in [2.24, 2.45) is 5.73 Å². The van der Waals surface area contributed by atoms with Crippen LogP contribution in [-0.2, 0) is 11.3 Å². The van der Waals surface area contributed by atoms with Gasteiger partial charge in [-0.1, -0.05) is 6.07 Å². The fourth-order valence-corrected chi connectivity index (χ4v) is 2.84. The zero-order chi connectivity index (χ0) is 15.2. The maximum Gasteiger partial charge on any atom is 0.130 e. The molecular formula is C16H25N3O2. The molecule has 1 fully saturated rings. The smallest absolute Gasteiger partial charge is 0.130 e. The first kappa shape index (κ1) is 15.8. The molecule has 0 aliphatic carbocycles. The average Bonchev–Trinajstić information content (AvgIpc) is 2.47. The summed E-state index contributed by atoms with van der Waals surface area (Å²) in [5, 5.41) is 7.55. The van der Waals surface area contributed by atoms with Gasteiger partial charge in [-0.15, -0.1) is 0 Å². The molecule has 5 nitrogen and oxygen atoms in total. The molecule has 116 valence electrons. The van der Waals surface area contributed by atoms with E-state index in [0.29, 0.717) is 17.4 Å². The molecule has 1 saturated heterocycles. The van der Waals surface area contributed by atoms with Gasteiger partial charge >= 0.3 is 0 Å². The number of nitrogens with one attached hydrogen (secondary N) is 1. The Bertz CT molecular complexity index is 488. The Kier molecular flexibility index (Phi) is 5.59. The average molecular weight is 291 g/mol. The zero-order valence-electron chi connectivity index (χ0n) is 12.9. The summed E-state index contributed by atoms with van der Waals surface area (Å²) in [5.74, 6) is 0.700. The van der Waals surface area contributed by atoms with Crippen LogP contribution >= 0.6 is 0 Å². The van der Waals surface area contributed by atoms with E-state index >= 15 is 0 Å². The number of rotatable bonds is 6. The van der Waals surface area contributed by atoms with Gasteiger partial charge in [0.05, 0.1) is 18.8 Å². The number of ether oxygens (including phenoxy) is 2. The van der Waals surface area contributed by atoms with Crippen LogP contribution in [0.4, 0.5) is 0 Å². The number of benzene rings is 1. The molecule has 0 amide bonds. The number of piperidine rings is 1. The molecule has 1 unspecified atom stereocenters. The third kappa shape index (κ3) is 4.19. The molecule has 3 N–H and O–H groups in total. The summed E-state index contributed by atoms with van der Waals surface area (Å²) in [6.45, 7) is 5.77. The Morgan fingerprint density at radius 3 is 2.95 bits per heavy atom. The van der Waals surface area contributed by atoms with Crippen molar-refractivity contribution < 1.29 is 9.47 Å². The third-order valence-electron chi connectivity index (χ3n) is 3.83. The van der Waals surface area contributed by atoms with Gasteiger partial charge in [-0.2, -0.15) is 0 Å². The maximum absolute atomic E-state index is 7.55. The highest BCUT2D eigenvalue weighted by molar-refractivity contribution is 5.97. The van der Waals surface area contributed by atoms with Gasteiger partial charge in [0.25, 0.3) is 0 Å². The number of hydrogen-bond donors (Lipinski definition) is 2. The predicted molar refractivity (Wildman–Crippen MR) is 83.9 cm³/mol. The number of nitrogens with two attached hydrogens (primary N) is 1. The maximum atomic E-state index is 7.55. The van der Waals surface area contributed by atoms with Crippen LogP contribution in [0, 0.1) is 5.41 Å². The van der Waals surface area contributed by atoms with Crippen molar-refractivity contribution in [1.82, 2.24) is 4.90 Å². The summed E-state index contributed by atoms with van der Waals surface area (Å²) in [6, 6.07) is 5.85. The van der Waals surface area contributed by atoms with E-state index in [1.165, 1.54) is 12.0 Å². The molecular weight excluding hydrogens is 266 g/mol. The number of hydrogen-bond acceptors (Lipinski definition) is 4. The van der Waals surface area contributed by atoms with Gasteiger partial charge in [0.2, 0.25) is 0 Å². The first-order chi connectivity index (χ1) is 10.1. The second-order valence-electron chi connectivity index (χ2n) is 5.40. The van der Waals surface area contributed by atoms with Crippen LogP contribution in [0.2, 0.25) is 0 Å². The molecule has 21 heavy (non-hydrogen) atoms. The van der Waals surface area contributed by atoms with Gasteiger partial charge in [0.15, 0.2) is 0 Å². The lowest BCUT2D eigenvalue weighted by Gasteiger charge is -2.32. The van der Waals surface area contributed by atoms with E-state index in [-0.39, 0.29) is 5.84 Å². The number of nitrogens with zero attached hydrogens (tertiary/aromatic N) is 1. The van der Waals surface area contributed by atoms with Crippen molar-refractivity contribution >= 4 is 5.84 Å². The fourth-order valence-electron chi connectivity index (χ4n) is 2.84. The summed E-state index contributed by atoms with van der Waals surface area (Å²) >= 11 is 0. The molecule has 0 spiro atoms. The van der Waals surface area contributed by atoms with Crippen molar-refractivity contribution in [2.45, 2.75) is 32.4 Å². The zero-order valence-corrected chi connectivity index (χ0v) is 12.9. The van der Waals surface area contributed by atoms with Crippen molar-refractivity contribution in [3.63, 3.8) is 0 Å². The monoisotopic (exact) mass is 291 g/mol. The van der Waals surface area contributed by atoms with Gasteiger partial charge in [-0.25, -0.2) is 0 Å². The SMILES string of the molecule is CCOC1CCCN(Cc2ccc(C(=N)N)c(OC)c2)C1. The van der Waals surface area contributed by atoms with Crippen LogP contribution in [0.25, 0.3) is 0 Å². The van der Waals surface area contributed by atoms with Crippen LogP contribution in [0.1, 0.15) is 30.9 Å². The highest BCUT2D eigenvalue weighted by Crippen LogP contribution is 2.22. The van der Waals surface area contributed by atoms with E-state index in [1.807, 2.05) is 25.1 Å². The molecule has 1 aliphatic heterocycles. The Balaban J connectivity index is 2.04. The van der Waals surface area contributed by atoms with Gasteiger partial charge in [-0.3, -0.25) is 10.3 Å². The Hall–Kier alpha value is -1.59. The topological polar surface area (TPSA) is 71.6 Å². The van der Waals surface area contributed by atoms with Crippen molar-refractivity contribution in [1.29, 1.82) is 5.41 Å². The lowest BCUT2D eigenvalue weighted by Crippen LogP contribution is -2.39. The van der Waals surface area contributed by atoms with Crippen LogP contribution in [0.3, 0.4) is 0 Å². The van der Waals surface area contributed by atoms with Gasteiger partial charge in [0, 0.05) is 19.7 Å². The number of likely N-dealkylation sites (tertiary alicyclic amines) is 1. The first-order valence-corrected chi connectivity index (χ1v) is 7.49. The van der Waals surface area contributed by atoms with Crippen LogP contribution in [0.5, 0.6) is 5.75 Å². The molecule has 1 aromatic rings. The highest BCUT2D eigenvalue weighted by atomic mass is 16.5. The van der Waals surface area contributed by atoms with E-state index in [0.717, 1.165) is 32.7 Å². The number of methoxy groups -OCH3 is 1. The molecule has 5 heteroatoms. The van der Waals surface area contributed by atoms with Crippen LogP contribution in [-0.4, -0.2) is 43.6 Å². The predicted octanol–water partition coefficient (Wildman–Crippen LogP) is 1.98. The first-order valence-electron chi connectivity index (χ1n) is 7.49. The van der Waals surface area contributed by atoms with E-state index in [9.17, 15) is 0 Å². The highest BCUT2D eigenvalue weighted by Gasteiger charge is 2.20.